The Labute approximate surface area is 181 Å². The van der Waals surface area contributed by atoms with E-state index >= 15 is 0 Å². The van der Waals surface area contributed by atoms with Gasteiger partial charge in [-0.2, -0.15) is 0 Å². The summed E-state index contributed by atoms with van der Waals surface area (Å²) in [5.41, 5.74) is 0. The van der Waals surface area contributed by atoms with Gasteiger partial charge in [0, 0.05) is 52.4 Å². The zero-order valence-corrected chi connectivity index (χ0v) is 17.9. The highest BCUT2D eigenvalue weighted by Gasteiger charge is 2.35. The van der Waals surface area contributed by atoms with E-state index in [-0.39, 0.29) is 24.9 Å². The highest BCUT2D eigenvalue weighted by Crippen LogP contribution is 2.19. The van der Waals surface area contributed by atoms with Crippen LogP contribution in [0.5, 0.6) is 0 Å². The second-order valence-corrected chi connectivity index (χ2v) is 8.47. The van der Waals surface area contributed by atoms with Gasteiger partial charge in [-0.3, -0.25) is 19.4 Å². The predicted octanol–water partition coefficient (Wildman–Crippen LogP) is -1.66. The fourth-order valence-corrected chi connectivity index (χ4v) is 4.63. The first-order valence-corrected chi connectivity index (χ1v) is 11.1. The van der Waals surface area contributed by atoms with Crippen LogP contribution in [0, 0.1) is 0 Å². The van der Waals surface area contributed by atoms with Crippen molar-refractivity contribution in [2.75, 3.05) is 65.4 Å². The van der Waals surface area contributed by atoms with Crippen LogP contribution in [-0.4, -0.2) is 131 Å². The fraction of sp³-hybridized carbons (Fsp3) is 0.800. The van der Waals surface area contributed by atoms with Crippen LogP contribution in [0.2, 0.25) is 0 Å². The molecule has 0 spiro atoms. The molecule has 3 saturated heterocycles. The highest BCUT2D eigenvalue weighted by atomic mass is 16.4. The number of nitrogens with zero attached hydrogens (tertiary/aromatic N) is 4. The van der Waals surface area contributed by atoms with Gasteiger partial charge in [-0.05, 0) is 25.7 Å². The molecule has 0 aromatic carbocycles. The Bertz CT molecular complexity index is 633. The monoisotopic (exact) mass is 439 g/mol. The molecule has 3 rings (SSSR count). The number of likely N-dealkylation sites (tertiary alicyclic amines) is 2. The SMILES string of the molecule is O=C(O)[C@H]1CCCN1C(=O)CN1CCNCCN(CC(=O)N2CCC[C@@H]2C(=O)O)CC1. The van der Waals surface area contributed by atoms with Gasteiger partial charge in [0.1, 0.15) is 12.1 Å². The van der Waals surface area contributed by atoms with E-state index in [1.165, 1.54) is 9.80 Å². The Hall–Kier alpha value is -2.24. The molecule has 2 atom stereocenters. The second kappa shape index (κ2) is 10.9. The van der Waals surface area contributed by atoms with E-state index < -0.39 is 24.0 Å². The first kappa shape index (κ1) is 23.4. The molecule has 0 aromatic rings. The number of amides is 2. The fourth-order valence-electron chi connectivity index (χ4n) is 4.63. The summed E-state index contributed by atoms with van der Waals surface area (Å²) in [6.45, 7) is 5.13. The molecule has 0 aromatic heterocycles. The number of nitrogens with one attached hydrogen (secondary N) is 1. The van der Waals surface area contributed by atoms with Crippen LogP contribution < -0.4 is 5.32 Å². The third kappa shape index (κ3) is 6.14. The number of aliphatic carboxylic acids is 2. The Balaban J connectivity index is 1.54. The molecule has 0 aliphatic carbocycles. The summed E-state index contributed by atoms with van der Waals surface area (Å²) in [4.78, 5) is 55.1. The molecule has 0 unspecified atom stereocenters. The lowest BCUT2D eigenvalue weighted by molar-refractivity contribution is -0.149. The van der Waals surface area contributed by atoms with Crippen LogP contribution >= 0.6 is 0 Å². The molecule has 174 valence electrons. The number of hydrogen-bond donors (Lipinski definition) is 3. The Morgan fingerprint density at radius 3 is 1.48 bits per heavy atom. The third-order valence-electron chi connectivity index (χ3n) is 6.38. The molecule has 3 heterocycles. The summed E-state index contributed by atoms with van der Waals surface area (Å²) in [6, 6.07) is -1.47. The maximum absolute atomic E-state index is 12.7. The molecule has 0 radical (unpaired) electrons. The van der Waals surface area contributed by atoms with E-state index in [1.54, 1.807) is 0 Å². The van der Waals surface area contributed by atoms with Crippen molar-refractivity contribution < 1.29 is 29.4 Å². The number of carboxylic acid groups (broad SMARTS) is 2. The van der Waals surface area contributed by atoms with Gasteiger partial charge in [0.15, 0.2) is 0 Å². The molecular formula is C20H33N5O6. The quantitative estimate of drug-likeness (QED) is 0.445. The van der Waals surface area contributed by atoms with Gasteiger partial charge in [-0.1, -0.05) is 0 Å². The molecule has 31 heavy (non-hydrogen) atoms. The normalized spacial score (nSPS) is 26.3. The Kier molecular flexibility index (Phi) is 8.22. The van der Waals surface area contributed by atoms with Crippen molar-refractivity contribution in [3.8, 4) is 0 Å². The van der Waals surface area contributed by atoms with Crippen molar-refractivity contribution in [1.29, 1.82) is 0 Å². The number of carbonyl (C=O) groups is 4. The first-order valence-electron chi connectivity index (χ1n) is 11.1. The van der Waals surface area contributed by atoms with Gasteiger partial charge in [-0.15, -0.1) is 0 Å². The molecule has 3 aliphatic rings. The van der Waals surface area contributed by atoms with Crippen molar-refractivity contribution in [1.82, 2.24) is 24.9 Å². The molecule has 3 N–H and O–H groups in total. The lowest BCUT2D eigenvalue weighted by Crippen LogP contribution is -2.49. The molecule has 3 fully saturated rings. The summed E-state index contributed by atoms with van der Waals surface area (Å²) in [6.07, 6.45) is 2.39. The van der Waals surface area contributed by atoms with Crippen LogP contribution in [0.4, 0.5) is 0 Å². The van der Waals surface area contributed by atoms with Crippen LogP contribution in [0.25, 0.3) is 0 Å². The second-order valence-electron chi connectivity index (χ2n) is 8.47. The lowest BCUT2D eigenvalue weighted by Gasteiger charge is -2.29. The minimum atomic E-state index is -0.955. The van der Waals surface area contributed by atoms with Crippen LogP contribution in [0.15, 0.2) is 0 Å². The number of hydrogen-bond acceptors (Lipinski definition) is 7. The summed E-state index contributed by atoms with van der Waals surface area (Å²) >= 11 is 0. The summed E-state index contributed by atoms with van der Waals surface area (Å²) < 4.78 is 0. The topological polar surface area (TPSA) is 134 Å². The van der Waals surface area contributed by atoms with Crippen molar-refractivity contribution in [3.63, 3.8) is 0 Å². The number of rotatable bonds is 6. The Morgan fingerprint density at radius 2 is 1.10 bits per heavy atom. The average molecular weight is 440 g/mol. The van der Waals surface area contributed by atoms with E-state index in [4.69, 9.17) is 0 Å². The molecule has 2 amide bonds. The molecular weight excluding hydrogens is 406 g/mol. The largest absolute Gasteiger partial charge is 0.480 e. The van der Waals surface area contributed by atoms with Crippen LogP contribution in [0.1, 0.15) is 25.7 Å². The summed E-state index contributed by atoms with van der Waals surface area (Å²) in [5.74, 6) is -2.26. The van der Waals surface area contributed by atoms with Gasteiger partial charge in [-0.25, -0.2) is 9.59 Å². The minimum Gasteiger partial charge on any atom is -0.480 e. The molecule has 11 heteroatoms. The van der Waals surface area contributed by atoms with E-state index in [9.17, 15) is 29.4 Å². The maximum Gasteiger partial charge on any atom is 0.326 e. The zero-order valence-electron chi connectivity index (χ0n) is 17.9. The number of carboxylic acids is 2. The van der Waals surface area contributed by atoms with Crippen molar-refractivity contribution in [3.05, 3.63) is 0 Å². The summed E-state index contributed by atoms with van der Waals surface area (Å²) in [7, 11) is 0. The standard InChI is InChI=1S/C20H33N5O6/c26-17(24-7-1-3-15(24)19(28)29)13-22-9-5-21-6-10-23(12-11-22)14-18(27)25-8-2-4-16(25)20(30)31/h15-16,21H,1-14H2,(H,28,29)(H,30,31)/t15-,16-/m1/s1. The van der Waals surface area contributed by atoms with Crippen LogP contribution in [0.3, 0.4) is 0 Å². The maximum atomic E-state index is 12.7. The summed E-state index contributed by atoms with van der Waals surface area (Å²) in [5, 5.41) is 22.0. The smallest absolute Gasteiger partial charge is 0.326 e. The van der Waals surface area contributed by atoms with Gasteiger partial charge >= 0.3 is 11.9 Å². The molecule has 0 bridgehead atoms. The third-order valence-corrected chi connectivity index (χ3v) is 6.38. The average Bonchev–Trinajstić information content (AvgIpc) is 3.41. The van der Waals surface area contributed by atoms with E-state index in [2.05, 4.69) is 5.32 Å². The van der Waals surface area contributed by atoms with Gasteiger partial charge in [0.2, 0.25) is 11.8 Å². The molecule has 0 saturated carbocycles. The lowest BCUT2D eigenvalue weighted by atomic mass is 10.2. The van der Waals surface area contributed by atoms with E-state index in [0.717, 1.165) is 0 Å². The van der Waals surface area contributed by atoms with Gasteiger partial charge < -0.3 is 25.3 Å². The van der Waals surface area contributed by atoms with Crippen molar-refractivity contribution in [2.24, 2.45) is 0 Å². The van der Waals surface area contributed by atoms with Crippen molar-refractivity contribution >= 4 is 23.8 Å². The zero-order chi connectivity index (χ0) is 22.4. The van der Waals surface area contributed by atoms with E-state index in [0.29, 0.717) is 78.0 Å². The number of carbonyl (C=O) groups excluding carboxylic acids is 2. The predicted molar refractivity (Wildman–Crippen MR) is 110 cm³/mol. The highest BCUT2D eigenvalue weighted by molar-refractivity contribution is 5.86. The van der Waals surface area contributed by atoms with Gasteiger partial charge in [0.05, 0.1) is 13.1 Å². The molecule has 11 nitrogen and oxygen atoms in total. The van der Waals surface area contributed by atoms with Gasteiger partial charge in [0.25, 0.3) is 0 Å². The van der Waals surface area contributed by atoms with Crippen molar-refractivity contribution in [2.45, 2.75) is 37.8 Å². The Morgan fingerprint density at radius 1 is 0.677 bits per heavy atom. The van der Waals surface area contributed by atoms with E-state index in [1.807, 2.05) is 9.80 Å². The minimum absolute atomic E-state index is 0.153. The van der Waals surface area contributed by atoms with Crippen LogP contribution in [-0.2, 0) is 19.2 Å². The molecule has 3 aliphatic heterocycles. The first-order chi connectivity index (χ1) is 14.9.